The Morgan fingerprint density at radius 2 is 1.60 bits per heavy atom. The molecule has 0 aliphatic heterocycles. The lowest BCUT2D eigenvalue weighted by molar-refractivity contribution is -0.118. The van der Waals surface area contributed by atoms with Gasteiger partial charge in [0.2, 0.25) is 5.91 Å². The normalized spacial score (nSPS) is 10.8. The number of halogens is 1. The van der Waals surface area contributed by atoms with Gasteiger partial charge in [-0.15, -0.1) is 10.2 Å². The molecule has 0 fully saturated rings. The van der Waals surface area contributed by atoms with E-state index in [0.717, 1.165) is 32.6 Å². The van der Waals surface area contributed by atoms with E-state index in [2.05, 4.69) is 50.2 Å². The molecule has 0 unspecified atom stereocenters. The molecule has 0 aliphatic rings. The van der Waals surface area contributed by atoms with Crippen LogP contribution in [-0.4, -0.2) is 38.8 Å². The summed E-state index contributed by atoms with van der Waals surface area (Å²) in [5.41, 5.74) is 3.83. The lowest BCUT2D eigenvalue weighted by atomic mass is 10.0. The van der Waals surface area contributed by atoms with Crippen molar-refractivity contribution in [3.63, 3.8) is 0 Å². The van der Waals surface area contributed by atoms with Crippen LogP contribution in [0.2, 0.25) is 0 Å². The standard InChI is InChI=1S/C27H25IN4O2S/c1-19(33)29-17-5-8-26-30-31-27(32(26)24-15-13-23(28)14-16-24)35-18-25(34)22-11-9-21(10-12-22)20-6-3-2-4-7-20/h2-4,6-7,9-16H,5,8,17-18H2,1H3,(H,29,33). The lowest BCUT2D eigenvalue weighted by Crippen LogP contribution is -2.21. The molecule has 1 aromatic heterocycles. The van der Waals surface area contributed by atoms with E-state index in [4.69, 9.17) is 0 Å². The zero-order valence-electron chi connectivity index (χ0n) is 19.3. The van der Waals surface area contributed by atoms with Crippen LogP contribution in [0.25, 0.3) is 16.8 Å². The van der Waals surface area contributed by atoms with Gasteiger partial charge < -0.3 is 5.32 Å². The highest BCUT2D eigenvalue weighted by molar-refractivity contribution is 14.1. The SMILES string of the molecule is CC(=O)NCCCc1nnc(SCC(=O)c2ccc(-c3ccccc3)cc2)n1-c1ccc(I)cc1. The average molecular weight is 596 g/mol. The van der Waals surface area contributed by atoms with Crippen LogP contribution in [0.1, 0.15) is 29.5 Å². The van der Waals surface area contributed by atoms with E-state index in [0.29, 0.717) is 23.7 Å². The predicted octanol–water partition coefficient (Wildman–Crippen LogP) is 5.58. The summed E-state index contributed by atoms with van der Waals surface area (Å²) in [6, 6.07) is 25.9. The van der Waals surface area contributed by atoms with Crippen molar-refractivity contribution >= 4 is 46.0 Å². The Morgan fingerprint density at radius 1 is 0.914 bits per heavy atom. The Hall–Kier alpha value is -2.98. The van der Waals surface area contributed by atoms with Gasteiger partial charge in [-0.1, -0.05) is 66.4 Å². The second kappa shape index (κ2) is 12.1. The Bertz CT molecular complexity index is 1290. The molecule has 8 heteroatoms. The first-order chi connectivity index (χ1) is 17.0. The molecule has 35 heavy (non-hydrogen) atoms. The summed E-state index contributed by atoms with van der Waals surface area (Å²) in [5, 5.41) is 12.3. The first-order valence-corrected chi connectivity index (χ1v) is 13.3. The number of amides is 1. The Labute approximate surface area is 222 Å². The van der Waals surface area contributed by atoms with Gasteiger partial charge in [0.1, 0.15) is 5.82 Å². The quantitative estimate of drug-likeness (QED) is 0.112. The van der Waals surface area contributed by atoms with Crippen LogP contribution in [0.3, 0.4) is 0 Å². The molecule has 0 spiro atoms. The van der Waals surface area contributed by atoms with E-state index in [9.17, 15) is 9.59 Å². The van der Waals surface area contributed by atoms with Gasteiger partial charge in [-0.2, -0.15) is 0 Å². The monoisotopic (exact) mass is 596 g/mol. The molecule has 0 saturated heterocycles. The first-order valence-electron chi connectivity index (χ1n) is 11.3. The number of carbonyl (C=O) groups is 2. The Balaban J connectivity index is 1.47. The van der Waals surface area contributed by atoms with Crippen molar-refractivity contribution < 1.29 is 9.59 Å². The van der Waals surface area contributed by atoms with Gasteiger partial charge in [0, 0.05) is 34.7 Å². The number of carbonyl (C=O) groups excluding carboxylic acids is 2. The molecule has 178 valence electrons. The molecule has 0 bridgehead atoms. The fourth-order valence-corrected chi connectivity index (χ4v) is 4.83. The molecule has 3 aromatic carbocycles. The van der Waals surface area contributed by atoms with Gasteiger partial charge >= 0.3 is 0 Å². The van der Waals surface area contributed by atoms with Gasteiger partial charge in [0.15, 0.2) is 10.9 Å². The summed E-state index contributed by atoms with van der Waals surface area (Å²) in [6.45, 7) is 2.09. The van der Waals surface area contributed by atoms with Crippen LogP contribution >= 0.6 is 34.4 Å². The average Bonchev–Trinajstić information content (AvgIpc) is 3.29. The predicted molar refractivity (Wildman–Crippen MR) is 148 cm³/mol. The van der Waals surface area contributed by atoms with Gasteiger partial charge in [0.25, 0.3) is 0 Å². The molecule has 4 aromatic rings. The maximum absolute atomic E-state index is 12.9. The summed E-state index contributed by atoms with van der Waals surface area (Å²) in [4.78, 5) is 24.1. The smallest absolute Gasteiger partial charge is 0.216 e. The highest BCUT2D eigenvalue weighted by Gasteiger charge is 2.16. The van der Waals surface area contributed by atoms with Crippen molar-refractivity contribution in [2.45, 2.75) is 24.9 Å². The van der Waals surface area contributed by atoms with Gasteiger partial charge in [-0.25, -0.2) is 0 Å². The van der Waals surface area contributed by atoms with E-state index >= 15 is 0 Å². The second-order valence-corrected chi connectivity index (χ2v) is 10.1. The molecular formula is C27H25IN4O2S. The number of benzene rings is 3. The zero-order valence-corrected chi connectivity index (χ0v) is 22.3. The van der Waals surface area contributed by atoms with Crippen molar-refractivity contribution in [2.75, 3.05) is 12.3 Å². The Morgan fingerprint density at radius 3 is 2.29 bits per heavy atom. The molecule has 4 rings (SSSR count). The molecular weight excluding hydrogens is 571 g/mol. The van der Waals surface area contributed by atoms with Crippen LogP contribution in [0.15, 0.2) is 84.0 Å². The van der Waals surface area contributed by atoms with Crippen LogP contribution in [-0.2, 0) is 11.2 Å². The first kappa shape index (κ1) is 25.1. The third kappa shape index (κ3) is 6.79. The number of Topliss-reactive ketones (excluding diaryl/α,β-unsaturated/α-hetero) is 1. The molecule has 0 radical (unpaired) electrons. The number of nitrogens with zero attached hydrogens (tertiary/aromatic N) is 3. The molecule has 1 heterocycles. The van der Waals surface area contributed by atoms with Gasteiger partial charge in [-0.05, 0) is 64.4 Å². The van der Waals surface area contributed by atoms with E-state index in [-0.39, 0.29) is 17.4 Å². The minimum Gasteiger partial charge on any atom is -0.356 e. The fraction of sp³-hybridized carbons (Fsp3) is 0.185. The number of aromatic nitrogens is 3. The number of hydrogen-bond donors (Lipinski definition) is 1. The fourth-order valence-electron chi connectivity index (χ4n) is 3.61. The summed E-state index contributed by atoms with van der Waals surface area (Å²) in [7, 11) is 0. The number of hydrogen-bond acceptors (Lipinski definition) is 5. The molecule has 6 nitrogen and oxygen atoms in total. The number of ketones is 1. The van der Waals surface area contributed by atoms with Crippen molar-refractivity contribution in [1.29, 1.82) is 0 Å². The maximum atomic E-state index is 12.9. The van der Waals surface area contributed by atoms with Crippen LogP contribution in [0, 0.1) is 3.57 Å². The summed E-state index contributed by atoms with van der Waals surface area (Å²) in [5.74, 6) is 1.06. The number of rotatable bonds is 10. The largest absolute Gasteiger partial charge is 0.356 e. The van der Waals surface area contributed by atoms with Crippen molar-refractivity contribution in [3.05, 3.63) is 93.8 Å². The minimum atomic E-state index is -0.0457. The van der Waals surface area contributed by atoms with E-state index < -0.39 is 0 Å². The molecule has 0 aliphatic carbocycles. The number of thioether (sulfide) groups is 1. The molecule has 0 saturated carbocycles. The van der Waals surface area contributed by atoms with Crippen LogP contribution in [0.5, 0.6) is 0 Å². The third-order valence-electron chi connectivity index (χ3n) is 5.38. The van der Waals surface area contributed by atoms with Crippen molar-refractivity contribution in [3.8, 4) is 16.8 Å². The van der Waals surface area contributed by atoms with Crippen molar-refractivity contribution in [1.82, 2.24) is 20.1 Å². The van der Waals surface area contributed by atoms with Gasteiger partial charge in [-0.3, -0.25) is 14.2 Å². The van der Waals surface area contributed by atoms with Crippen molar-refractivity contribution in [2.24, 2.45) is 0 Å². The number of aryl methyl sites for hydroxylation is 1. The van der Waals surface area contributed by atoms with Crippen LogP contribution in [0.4, 0.5) is 0 Å². The second-order valence-electron chi connectivity index (χ2n) is 7.95. The minimum absolute atomic E-state index is 0.0407. The van der Waals surface area contributed by atoms with E-state index in [1.807, 2.05) is 71.3 Å². The topological polar surface area (TPSA) is 76.9 Å². The van der Waals surface area contributed by atoms with E-state index in [1.165, 1.54) is 18.7 Å². The number of nitrogens with one attached hydrogen (secondary N) is 1. The molecule has 0 atom stereocenters. The summed E-state index contributed by atoms with van der Waals surface area (Å²) in [6.07, 6.45) is 1.41. The van der Waals surface area contributed by atoms with Crippen LogP contribution < -0.4 is 5.32 Å². The maximum Gasteiger partial charge on any atom is 0.216 e. The Kier molecular flexibility index (Phi) is 8.70. The lowest BCUT2D eigenvalue weighted by Gasteiger charge is -2.11. The third-order valence-corrected chi connectivity index (χ3v) is 7.03. The molecule has 1 N–H and O–H groups in total. The van der Waals surface area contributed by atoms with E-state index in [1.54, 1.807) is 0 Å². The molecule has 1 amide bonds. The summed E-state index contributed by atoms with van der Waals surface area (Å²) < 4.78 is 3.13. The zero-order chi connectivity index (χ0) is 24.6. The summed E-state index contributed by atoms with van der Waals surface area (Å²) >= 11 is 3.66. The van der Waals surface area contributed by atoms with Gasteiger partial charge in [0.05, 0.1) is 5.75 Å². The highest BCUT2D eigenvalue weighted by atomic mass is 127. The highest BCUT2D eigenvalue weighted by Crippen LogP contribution is 2.25.